The maximum atomic E-state index is 13.8. The standard InChI is InChI=1S/C10H12FN.C2H6/c11-10(6-9(10)7-12)8-4-2-1-3-5-8;1-2/h1-5,9H,6-7,12H2;1-2H3. The Bertz CT molecular complexity index is 273. The second kappa shape index (κ2) is 4.56. The predicted molar refractivity (Wildman–Crippen MR) is 57.7 cm³/mol. The van der Waals surface area contributed by atoms with Crippen molar-refractivity contribution in [3.63, 3.8) is 0 Å². The Labute approximate surface area is 85.1 Å². The molecule has 0 amide bonds. The van der Waals surface area contributed by atoms with Crippen molar-refractivity contribution in [2.24, 2.45) is 11.7 Å². The van der Waals surface area contributed by atoms with Gasteiger partial charge in [-0.15, -0.1) is 0 Å². The Morgan fingerprint density at radius 2 is 1.93 bits per heavy atom. The molecular formula is C12H18FN. The monoisotopic (exact) mass is 195 g/mol. The van der Waals surface area contributed by atoms with Crippen molar-refractivity contribution in [2.45, 2.75) is 25.9 Å². The molecule has 2 rings (SSSR count). The van der Waals surface area contributed by atoms with Crippen LogP contribution in [0.5, 0.6) is 0 Å². The minimum Gasteiger partial charge on any atom is -0.330 e. The van der Waals surface area contributed by atoms with Crippen LogP contribution in [0.1, 0.15) is 25.8 Å². The minimum absolute atomic E-state index is 0.0416. The lowest BCUT2D eigenvalue weighted by Gasteiger charge is -2.05. The Balaban J connectivity index is 0.000000461. The van der Waals surface area contributed by atoms with Gasteiger partial charge in [0, 0.05) is 5.92 Å². The lowest BCUT2D eigenvalue weighted by molar-refractivity contribution is 0.288. The number of benzene rings is 1. The van der Waals surface area contributed by atoms with E-state index in [9.17, 15) is 4.39 Å². The molecule has 1 aliphatic carbocycles. The van der Waals surface area contributed by atoms with E-state index in [-0.39, 0.29) is 5.92 Å². The molecule has 0 spiro atoms. The molecule has 14 heavy (non-hydrogen) atoms. The second-order valence-electron chi connectivity index (χ2n) is 3.37. The zero-order chi connectivity index (χ0) is 10.6. The molecule has 1 saturated carbocycles. The van der Waals surface area contributed by atoms with Gasteiger partial charge in [-0.25, -0.2) is 4.39 Å². The van der Waals surface area contributed by atoms with Crippen molar-refractivity contribution in [3.8, 4) is 0 Å². The van der Waals surface area contributed by atoms with E-state index in [2.05, 4.69) is 0 Å². The van der Waals surface area contributed by atoms with Crippen LogP contribution < -0.4 is 5.73 Å². The van der Waals surface area contributed by atoms with Crippen molar-refractivity contribution in [1.82, 2.24) is 0 Å². The van der Waals surface area contributed by atoms with Crippen molar-refractivity contribution in [1.29, 1.82) is 0 Å². The number of hydrogen-bond acceptors (Lipinski definition) is 1. The molecule has 0 saturated heterocycles. The van der Waals surface area contributed by atoms with Crippen LogP contribution in [0, 0.1) is 5.92 Å². The molecule has 78 valence electrons. The third-order valence-electron chi connectivity index (χ3n) is 2.57. The normalized spacial score (nSPS) is 29.0. The maximum Gasteiger partial charge on any atom is 0.140 e. The van der Waals surface area contributed by atoms with Crippen LogP contribution >= 0.6 is 0 Å². The lowest BCUT2D eigenvalue weighted by atomic mass is 10.1. The van der Waals surface area contributed by atoms with Gasteiger partial charge in [0.2, 0.25) is 0 Å². The fourth-order valence-electron chi connectivity index (χ4n) is 1.64. The fraction of sp³-hybridized carbons (Fsp3) is 0.500. The first-order valence-corrected chi connectivity index (χ1v) is 5.22. The fourth-order valence-corrected chi connectivity index (χ4v) is 1.64. The van der Waals surface area contributed by atoms with E-state index in [1.165, 1.54) is 0 Å². The highest BCUT2D eigenvalue weighted by atomic mass is 19.1. The minimum atomic E-state index is -1.12. The number of nitrogens with two attached hydrogens (primary N) is 1. The van der Waals surface area contributed by atoms with Crippen LogP contribution in [0.2, 0.25) is 0 Å². The van der Waals surface area contributed by atoms with Crippen molar-refractivity contribution in [2.75, 3.05) is 6.54 Å². The molecule has 1 nitrogen and oxygen atoms in total. The number of hydrogen-bond donors (Lipinski definition) is 1. The van der Waals surface area contributed by atoms with Gasteiger partial charge in [-0.2, -0.15) is 0 Å². The van der Waals surface area contributed by atoms with Crippen LogP contribution in [-0.4, -0.2) is 6.54 Å². The molecule has 2 unspecified atom stereocenters. The van der Waals surface area contributed by atoms with E-state index in [1.54, 1.807) is 0 Å². The topological polar surface area (TPSA) is 26.0 Å². The molecular weight excluding hydrogens is 177 g/mol. The van der Waals surface area contributed by atoms with Crippen molar-refractivity contribution in [3.05, 3.63) is 35.9 Å². The van der Waals surface area contributed by atoms with Crippen molar-refractivity contribution >= 4 is 0 Å². The quantitative estimate of drug-likeness (QED) is 0.771. The van der Waals surface area contributed by atoms with Crippen LogP contribution in [-0.2, 0) is 5.67 Å². The van der Waals surface area contributed by atoms with Gasteiger partial charge in [-0.1, -0.05) is 44.2 Å². The van der Waals surface area contributed by atoms with E-state index in [0.717, 1.165) is 5.56 Å². The SMILES string of the molecule is CC.NCC1CC1(F)c1ccccc1. The third kappa shape index (κ3) is 1.95. The summed E-state index contributed by atoms with van der Waals surface area (Å²) in [6.07, 6.45) is 0.591. The van der Waals surface area contributed by atoms with E-state index < -0.39 is 5.67 Å². The average molecular weight is 195 g/mol. The third-order valence-corrected chi connectivity index (χ3v) is 2.57. The Morgan fingerprint density at radius 3 is 2.36 bits per heavy atom. The summed E-state index contributed by atoms with van der Waals surface area (Å²) >= 11 is 0. The van der Waals surface area contributed by atoms with Gasteiger partial charge in [-0.3, -0.25) is 0 Å². The summed E-state index contributed by atoms with van der Waals surface area (Å²) in [5.41, 5.74) is 5.07. The molecule has 2 heteroatoms. The molecule has 2 N–H and O–H groups in total. The van der Waals surface area contributed by atoms with Gasteiger partial charge >= 0.3 is 0 Å². The summed E-state index contributed by atoms with van der Waals surface area (Å²) in [6.45, 7) is 4.45. The summed E-state index contributed by atoms with van der Waals surface area (Å²) < 4.78 is 13.8. The second-order valence-corrected chi connectivity index (χ2v) is 3.37. The predicted octanol–water partition coefficient (Wildman–Crippen LogP) is 2.86. The highest BCUT2D eigenvalue weighted by Gasteiger charge is 2.55. The number of rotatable bonds is 2. The summed E-state index contributed by atoms with van der Waals surface area (Å²) in [5.74, 6) is 0.0416. The summed E-state index contributed by atoms with van der Waals surface area (Å²) in [4.78, 5) is 0. The molecule has 1 aromatic rings. The van der Waals surface area contributed by atoms with E-state index in [1.807, 2.05) is 44.2 Å². The van der Waals surface area contributed by atoms with Crippen LogP contribution in [0.15, 0.2) is 30.3 Å². The molecule has 1 fully saturated rings. The van der Waals surface area contributed by atoms with Crippen LogP contribution in [0.3, 0.4) is 0 Å². The van der Waals surface area contributed by atoms with Gasteiger partial charge in [0.05, 0.1) is 0 Å². The highest BCUT2D eigenvalue weighted by molar-refractivity contribution is 5.29. The molecule has 0 radical (unpaired) electrons. The van der Waals surface area contributed by atoms with Gasteiger partial charge in [0.15, 0.2) is 0 Å². The smallest absolute Gasteiger partial charge is 0.140 e. The van der Waals surface area contributed by atoms with Gasteiger partial charge in [0.1, 0.15) is 5.67 Å². The average Bonchev–Trinajstić information content (AvgIpc) is 2.96. The van der Waals surface area contributed by atoms with Gasteiger partial charge < -0.3 is 5.73 Å². The van der Waals surface area contributed by atoms with Crippen molar-refractivity contribution < 1.29 is 4.39 Å². The highest BCUT2D eigenvalue weighted by Crippen LogP contribution is 2.54. The Morgan fingerprint density at radius 1 is 1.36 bits per heavy atom. The van der Waals surface area contributed by atoms with E-state index >= 15 is 0 Å². The lowest BCUT2D eigenvalue weighted by Crippen LogP contribution is -2.10. The Hall–Kier alpha value is -0.890. The molecule has 0 heterocycles. The van der Waals surface area contributed by atoms with Gasteiger partial charge in [-0.05, 0) is 18.5 Å². The van der Waals surface area contributed by atoms with Crippen LogP contribution in [0.4, 0.5) is 4.39 Å². The number of alkyl halides is 1. The summed E-state index contributed by atoms with van der Waals surface area (Å²) in [6, 6.07) is 9.28. The molecule has 1 aliphatic rings. The molecule has 2 atom stereocenters. The summed E-state index contributed by atoms with van der Waals surface area (Å²) in [7, 11) is 0. The van der Waals surface area contributed by atoms with E-state index in [4.69, 9.17) is 5.73 Å². The molecule has 0 bridgehead atoms. The zero-order valence-electron chi connectivity index (χ0n) is 8.83. The first-order valence-electron chi connectivity index (χ1n) is 5.22. The van der Waals surface area contributed by atoms with Crippen LogP contribution in [0.25, 0.3) is 0 Å². The molecule has 1 aromatic carbocycles. The van der Waals surface area contributed by atoms with E-state index in [0.29, 0.717) is 13.0 Å². The largest absolute Gasteiger partial charge is 0.330 e. The Kier molecular flexibility index (Phi) is 3.64. The molecule has 0 aliphatic heterocycles. The molecule has 0 aromatic heterocycles. The maximum absolute atomic E-state index is 13.8. The summed E-state index contributed by atoms with van der Waals surface area (Å²) in [5, 5.41) is 0. The van der Waals surface area contributed by atoms with Gasteiger partial charge in [0.25, 0.3) is 0 Å². The zero-order valence-corrected chi connectivity index (χ0v) is 8.83. The number of halogens is 1. The first kappa shape index (κ1) is 11.2. The first-order chi connectivity index (χ1) is 6.77.